The molecule has 1 heterocycles. The van der Waals surface area contributed by atoms with Crippen LogP contribution in [-0.2, 0) is 9.53 Å². The molecule has 6 nitrogen and oxygen atoms in total. The topological polar surface area (TPSA) is 88.7 Å². The lowest BCUT2D eigenvalue weighted by Gasteiger charge is -2.23. The van der Waals surface area contributed by atoms with E-state index in [1.54, 1.807) is 13.0 Å². The molecule has 0 saturated heterocycles. The molecule has 0 aromatic rings. The summed E-state index contributed by atoms with van der Waals surface area (Å²) in [6.07, 6.45) is 3.09. The summed E-state index contributed by atoms with van der Waals surface area (Å²) in [6, 6.07) is -0.106. The molecule has 114 valence electrons. The summed E-state index contributed by atoms with van der Waals surface area (Å²) < 4.78 is 4.83. The van der Waals surface area contributed by atoms with Crippen molar-refractivity contribution in [2.75, 3.05) is 13.2 Å². The first kappa shape index (κ1) is 18.0. The summed E-state index contributed by atoms with van der Waals surface area (Å²) >= 11 is 0. The molecule has 0 aliphatic carbocycles. The van der Waals surface area contributed by atoms with Crippen molar-refractivity contribution >= 4 is 11.9 Å². The van der Waals surface area contributed by atoms with E-state index >= 15 is 0 Å². The predicted octanol–water partition coefficient (Wildman–Crippen LogP) is 1.26. The molecule has 0 aromatic carbocycles. The molecule has 20 heavy (non-hydrogen) atoms. The highest BCUT2D eigenvalue weighted by Gasteiger charge is 2.17. The molecule has 0 aromatic heterocycles. The van der Waals surface area contributed by atoms with Gasteiger partial charge in [-0.05, 0) is 26.8 Å². The Kier molecular flexibility index (Phi) is 8.91. The Morgan fingerprint density at radius 2 is 2.15 bits per heavy atom. The smallest absolute Gasteiger partial charge is 0.330 e. The fourth-order valence-corrected chi connectivity index (χ4v) is 1.61. The second-order valence-corrected chi connectivity index (χ2v) is 3.76. The van der Waals surface area contributed by atoms with Gasteiger partial charge in [0.2, 0.25) is 0 Å². The van der Waals surface area contributed by atoms with Crippen LogP contribution in [0, 0.1) is 0 Å². The largest absolute Gasteiger partial charge is 0.463 e. The Hall–Kier alpha value is -1.98. The van der Waals surface area contributed by atoms with E-state index in [1.807, 2.05) is 27.7 Å². The van der Waals surface area contributed by atoms with Gasteiger partial charge in [-0.25, -0.2) is 9.79 Å². The fourth-order valence-electron chi connectivity index (χ4n) is 1.61. The maximum atomic E-state index is 11.3. The zero-order valence-corrected chi connectivity index (χ0v) is 13.0. The fraction of sp³-hybridized carbons (Fsp3) is 0.571. The van der Waals surface area contributed by atoms with Crippen LogP contribution in [0.25, 0.3) is 0 Å². The van der Waals surface area contributed by atoms with Crippen LogP contribution in [0.2, 0.25) is 0 Å². The van der Waals surface area contributed by atoms with E-state index in [4.69, 9.17) is 10.5 Å². The molecule has 6 heteroatoms. The van der Waals surface area contributed by atoms with Crippen molar-refractivity contribution in [2.45, 2.75) is 40.7 Å². The lowest BCUT2D eigenvalue weighted by Crippen LogP contribution is -2.42. The molecular formula is C14H26N4O2. The number of aliphatic imine (C=N–C) groups is 1. The zero-order chi connectivity index (χ0) is 15.5. The average Bonchev–Trinajstić information content (AvgIpc) is 2.40. The van der Waals surface area contributed by atoms with Crippen LogP contribution in [0.15, 0.2) is 28.5 Å². The van der Waals surface area contributed by atoms with Crippen LogP contribution in [-0.4, -0.2) is 31.1 Å². The van der Waals surface area contributed by atoms with Gasteiger partial charge in [0.15, 0.2) is 5.96 Å². The average molecular weight is 282 g/mol. The van der Waals surface area contributed by atoms with Crippen LogP contribution in [0.5, 0.6) is 0 Å². The predicted molar refractivity (Wildman–Crippen MR) is 82.0 cm³/mol. The number of nitrogens with one attached hydrogen (secondary N) is 2. The second kappa shape index (κ2) is 9.89. The maximum Gasteiger partial charge on any atom is 0.330 e. The Labute approximate surface area is 121 Å². The van der Waals surface area contributed by atoms with Gasteiger partial charge in [0, 0.05) is 18.2 Å². The highest BCUT2D eigenvalue weighted by molar-refractivity contribution is 5.84. The first-order valence-corrected chi connectivity index (χ1v) is 7.01. The van der Waals surface area contributed by atoms with Gasteiger partial charge in [0.1, 0.15) is 5.82 Å². The van der Waals surface area contributed by atoms with Crippen molar-refractivity contribution in [3.05, 3.63) is 23.5 Å². The minimum Gasteiger partial charge on any atom is -0.463 e. The first-order chi connectivity index (χ1) is 9.58. The summed E-state index contributed by atoms with van der Waals surface area (Å²) in [5, 5.41) is 6.10. The van der Waals surface area contributed by atoms with Crippen molar-refractivity contribution in [1.29, 1.82) is 0 Å². The van der Waals surface area contributed by atoms with Gasteiger partial charge in [-0.15, -0.1) is 0 Å². The number of carbonyl (C=O) groups is 1. The normalized spacial score (nSPS) is 17.9. The molecule has 0 amide bonds. The van der Waals surface area contributed by atoms with Crippen LogP contribution in [0.3, 0.4) is 0 Å². The van der Waals surface area contributed by atoms with Crippen LogP contribution >= 0.6 is 0 Å². The maximum absolute atomic E-state index is 11.3. The molecule has 1 unspecified atom stereocenters. The molecular weight excluding hydrogens is 256 g/mol. The van der Waals surface area contributed by atoms with Crippen molar-refractivity contribution < 1.29 is 9.53 Å². The number of hydrogen-bond acceptors (Lipinski definition) is 6. The number of ether oxygens (including phenoxy) is 1. The summed E-state index contributed by atoms with van der Waals surface area (Å²) in [7, 11) is 0. The highest BCUT2D eigenvalue weighted by Crippen LogP contribution is 2.14. The van der Waals surface area contributed by atoms with E-state index in [-0.39, 0.29) is 12.0 Å². The summed E-state index contributed by atoms with van der Waals surface area (Å²) in [5.41, 5.74) is 6.53. The Morgan fingerprint density at radius 3 is 2.70 bits per heavy atom. The number of nitrogens with zero attached hydrogens (tertiary/aromatic N) is 1. The first-order valence-electron chi connectivity index (χ1n) is 7.01. The number of guanidine groups is 1. The van der Waals surface area contributed by atoms with Gasteiger partial charge in [-0.3, -0.25) is 0 Å². The Bertz CT molecular complexity index is 400. The quantitative estimate of drug-likeness (QED) is 0.522. The van der Waals surface area contributed by atoms with Gasteiger partial charge < -0.3 is 21.1 Å². The van der Waals surface area contributed by atoms with E-state index in [0.29, 0.717) is 12.6 Å². The van der Waals surface area contributed by atoms with E-state index in [9.17, 15) is 4.79 Å². The lowest BCUT2D eigenvalue weighted by atomic mass is 10.1. The van der Waals surface area contributed by atoms with E-state index < -0.39 is 0 Å². The molecule has 0 spiro atoms. The molecule has 1 aliphatic rings. The number of nitrogens with two attached hydrogens (primary N) is 1. The molecule has 1 rings (SSSR count). The molecule has 0 radical (unpaired) electrons. The summed E-state index contributed by atoms with van der Waals surface area (Å²) in [6.45, 7) is 10.8. The van der Waals surface area contributed by atoms with Gasteiger partial charge in [0.05, 0.1) is 12.6 Å². The van der Waals surface area contributed by atoms with Crippen LogP contribution in [0.4, 0.5) is 0 Å². The number of esters is 1. The van der Waals surface area contributed by atoms with Crippen molar-refractivity contribution in [1.82, 2.24) is 10.6 Å². The van der Waals surface area contributed by atoms with Crippen molar-refractivity contribution in [2.24, 2.45) is 10.7 Å². The van der Waals surface area contributed by atoms with Crippen molar-refractivity contribution in [3.63, 3.8) is 0 Å². The van der Waals surface area contributed by atoms with Crippen LogP contribution < -0.4 is 16.4 Å². The zero-order valence-electron chi connectivity index (χ0n) is 13.0. The van der Waals surface area contributed by atoms with Crippen molar-refractivity contribution in [3.8, 4) is 0 Å². The standard InChI is InChI=1S/C12H20N4O2.C2H6/c1-4-14-11-9(6-7-10(17)18-5-2)8(3)15-12(13)16-11;1-2/h6-8,14H,4-5H2,1-3H3,(H3,13,15,16);1-2H3/b7-6+;. The number of hydrogen-bond donors (Lipinski definition) is 3. The number of rotatable bonds is 5. The van der Waals surface area contributed by atoms with E-state index in [0.717, 1.165) is 17.9 Å². The second-order valence-electron chi connectivity index (χ2n) is 3.76. The SMILES string of the molecule is CC.CCNC1=C(/C=C/C(=O)OCC)C(C)N=C(N)N1. The molecule has 0 saturated carbocycles. The minimum atomic E-state index is -0.365. The monoisotopic (exact) mass is 282 g/mol. The lowest BCUT2D eigenvalue weighted by molar-refractivity contribution is -0.137. The van der Waals surface area contributed by atoms with Gasteiger partial charge in [-0.1, -0.05) is 13.8 Å². The third kappa shape index (κ3) is 5.77. The third-order valence-electron chi connectivity index (χ3n) is 2.36. The third-order valence-corrected chi connectivity index (χ3v) is 2.36. The molecule has 4 N–H and O–H groups in total. The molecule has 1 aliphatic heterocycles. The number of carbonyl (C=O) groups excluding carboxylic acids is 1. The summed E-state index contributed by atoms with van der Waals surface area (Å²) in [5.74, 6) is 0.778. The molecule has 0 fully saturated rings. The highest BCUT2D eigenvalue weighted by atomic mass is 16.5. The molecule has 0 bridgehead atoms. The Balaban J connectivity index is 0.00000172. The molecule has 1 atom stereocenters. The van der Waals surface area contributed by atoms with Crippen LogP contribution in [0.1, 0.15) is 34.6 Å². The van der Waals surface area contributed by atoms with Gasteiger partial charge >= 0.3 is 5.97 Å². The van der Waals surface area contributed by atoms with E-state index in [2.05, 4.69) is 15.6 Å². The minimum absolute atomic E-state index is 0.106. The van der Waals surface area contributed by atoms with Gasteiger partial charge in [0.25, 0.3) is 0 Å². The van der Waals surface area contributed by atoms with E-state index in [1.165, 1.54) is 6.08 Å². The summed E-state index contributed by atoms with van der Waals surface area (Å²) in [4.78, 5) is 15.5. The van der Waals surface area contributed by atoms with Gasteiger partial charge in [-0.2, -0.15) is 0 Å². The Morgan fingerprint density at radius 1 is 1.50 bits per heavy atom.